The summed E-state index contributed by atoms with van der Waals surface area (Å²) < 4.78 is 1.62. The van der Waals surface area contributed by atoms with Gasteiger partial charge in [-0.2, -0.15) is 0 Å². The number of nitrogens with zero attached hydrogens (tertiary/aromatic N) is 3. The van der Waals surface area contributed by atoms with E-state index in [0.717, 1.165) is 36.2 Å². The molecule has 1 aliphatic rings. The molecule has 130 valence electrons. The Bertz CT molecular complexity index is 879. The Balaban J connectivity index is 1.30. The molecule has 3 heterocycles. The monoisotopic (exact) mass is 353 g/mol. The molecule has 1 saturated heterocycles. The highest BCUT2D eigenvalue weighted by Gasteiger charge is 2.19. The predicted octanol–water partition coefficient (Wildman–Crippen LogP) is 3.60. The average Bonchev–Trinajstić information content (AvgIpc) is 3.11. The van der Waals surface area contributed by atoms with E-state index in [1.807, 2.05) is 5.38 Å². The van der Waals surface area contributed by atoms with Gasteiger partial charge in [0.15, 0.2) is 4.96 Å². The molecule has 0 aliphatic carbocycles. The van der Waals surface area contributed by atoms with Gasteiger partial charge in [-0.1, -0.05) is 30.3 Å². The second kappa shape index (κ2) is 7.50. The van der Waals surface area contributed by atoms with Crippen molar-refractivity contribution in [2.45, 2.75) is 32.2 Å². The summed E-state index contributed by atoms with van der Waals surface area (Å²) in [6.07, 6.45) is 6.73. The van der Waals surface area contributed by atoms with Crippen molar-refractivity contribution in [3.8, 4) is 0 Å². The summed E-state index contributed by atoms with van der Waals surface area (Å²) in [7, 11) is 0. The van der Waals surface area contributed by atoms with Gasteiger partial charge in [-0.05, 0) is 50.3 Å². The Morgan fingerprint density at radius 1 is 1.16 bits per heavy atom. The van der Waals surface area contributed by atoms with Gasteiger partial charge in [0.25, 0.3) is 5.56 Å². The van der Waals surface area contributed by atoms with Crippen LogP contribution in [0.25, 0.3) is 4.96 Å². The minimum absolute atomic E-state index is 0.0268. The van der Waals surface area contributed by atoms with Gasteiger partial charge >= 0.3 is 0 Å². The van der Waals surface area contributed by atoms with Gasteiger partial charge in [-0.25, -0.2) is 4.98 Å². The van der Waals surface area contributed by atoms with Gasteiger partial charge in [0, 0.05) is 24.2 Å². The molecule has 0 spiro atoms. The van der Waals surface area contributed by atoms with Crippen molar-refractivity contribution in [3.05, 3.63) is 69.6 Å². The van der Waals surface area contributed by atoms with Crippen molar-refractivity contribution in [2.75, 3.05) is 13.1 Å². The smallest absolute Gasteiger partial charge is 0.258 e. The maximum absolute atomic E-state index is 12.1. The fourth-order valence-corrected chi connectivity index (χ4v) is 4.39. The van der Waals surface area contributed by atoms with Crippen molar-refractivity contribution in [3.63, 3.8) is 0 Å². The minimum Gasteiger partial charge on any atom is -0.297 e. The molecule has 4 nitrogen and oxygen atoms in total. The summed E-state index contributed by atoms with van der Waals surface area (Å²) >= 11 is 1.52. The first-order valence-corrected chi connectivity index (χ1v) is 9.88. The topological polar surface area (TPSA) is 37.6 Å². The van der Waals surface area contributed by atoms with Gasteiger partial charge in [-0.15, -0.1) is 11.3 Å². The number of thiazole rings is 1. The highest BCUT2D eigenvalue weighted by atomic mass is 32.1. The molecule has 0 N–H and O–H groups in total. The van der Waals surface area contributed by atoms with E-state index in [2.05, 4.69) is 40.2 Å². The zero-order valence-corrected chi connectivity index (χ0v) is 15.1. The predicted molar refractivity (Wildman–Crippen MR) is 102 cm³/mol. The summed E-state index contributed by atoms with van der Waals surface area (Å²) in [6.45, 7) is 2.99. The van der Waals surface area contributed by atoms with Crippen LogP contribution in [0.1, 0.15) is 30.5 Å². The van der Waals surface area contributed by atoms with Gasteiger partial charge in [0.1, 0.15) is 0 Å². The molecule has 5 heteroatoms. The van der Waals surface area contributed by atoms with Crippen LogP contribution in [0.4, 0.5) is 0 Å². The van der Waals surface area contributed by atoms with E-state index in [9.17, 15) is 4.79 Å². The Hall–Kier alpha value is -1.98. The zero-order valence-electron chi connectivity index (χ0n) is 14.3. The first-order valence-electron chi connectivity index (χ1n) is 9.00. The lowest BCUT2D eigenvalue weighted by atomic mass is 9.90. The molecule has 0 bridgehead atoms. The third-order valence-electron chi connectivity index (χ3n) is 5.13. The summed E-state index contributed by atoms with van der Waals surface area (Å²) in [5.41, 5.74) is 2.37. The summed E-state index contributed by atoms with van der Waals surface area (Å²) in [5, 5.41) is 1.91. The Morgan fingerprint density at radius 3 is 2.76 bits per heavy atom. The number of aryl methyl sites for hydroxylation is 1. The highest BCUT2D eigenvalue weighted by molar-refractivity contribution is 7.15. The van der Waals surface area contributed by atoms with Gasteiger partial charge < -0.3 is 0 Å². The van der Waals surface area contributed by atoms with E-state index < -0.39 is 0 Å². The number of hydrogen-bond donors (Lipinski definition) is 0. The molecule has 1 aromatic carbocycles. The van der Waals surface area contributed by atoms with Crippen molar-refractivity contribution >= 4 is 16.3 Å². The lowest BCUT2D eigenvalue weighted by Crippen LogP contribution is -2.34. The van der Waals surface area contributed by atoms with E-state index in [4.69, 9.17) is 0 Å². The number of fused-ring (bicyclic) bond motifs is 1. The highest BCUT2D eigenvalue weighted by Crippen LogP contribution is 2.23. The van der Waals surface area contributed by atoms with Crippen LogP contribution in [0.2, 0.25) is 0 Å². The van der Waals surface area contributed by atoms with Crippen LogP contribution in [-0.2, 0) is 13.0 Å². The molecule has 0 amide bonds. The van der Waals surface area contributed by atoms with E-state index in [1.54, 1.807) is 16.7 Å². The molecule has 0 saturated carbocycles. The van der Waals surface area contributed by atoms with Crippen molar-refractivity contribution in [1.29, 1.82) is 0 Å². The van der Waals surface area contributed by atoms with E-state index >= 15 is 0 Å². The molecule has 4 rings (SSSR count). The summed E-state index contributed by atoms with van der Waals surface area (Å²) in [6, 6.07) is 12.5. The molecular formula is C20H23N3OS. The maximum atomic E-state index is 12.1. The van der Waals surface area contributed by atoms with Gasteiger partial charge in [0.05, 0.1) is 5.69 Å². The molecule has 0 atom stereocenters. The molecule has 2 aromatic heterocycles. The van der Waals surface area contributed by atoms with Gasteiger partial charge in [-0.3, -0.25) is 14.1 Å². The Kier molecular flexibility index (Phi) is 4.95. The van der Waals surface area contributed by atoms with E-state index in [1.165, 1.54) is 42.6 Å². The fraction of sp³-hybridized carbons (Fsp3) is 0.400. The van der Waals surface area contributed by atoms with Crippen LogP contribution in [0.15, 0.2) is 52.8 Å². The second-order valence-corrected chi connectivity index (χ2v) is 7.76. The molecule has 0 radical (unpaired) electrons. The number of piperidine rings is 1. The number of rotatable bonds is 5. The largest absolute Gasteiger partial charge is 0.297 e. The van der Waals surface area contributed by atoms with E-state index in [-0.39, 0.29) is 5.56 Å². The fourth-order valence-electron chi connectivity index (χ4n) is 3.65. The average molecular weight is 353 g/mol. The molecular weight excluding hydrogens is 330 g/mol. The van der Waals surface area contributed by atoms with Crippen LogP contribution in [0, 0.1) is 5.92 Å². The molecule has 1 fully saturated rings. The standard InChI is InChI=1S/C20H23N3OS/c24-19-14-18(21-20-23(19)12-13-25-20)15-22-10-8-17(9-11-22)7-6-16-4-2-1-3-5-16/h1-5,12-14,17H,6-11,15H2. The maximum Gasteiger partial charge on any atom is 0.258 e. The lowest BCUT2D eigenvalue weighted by molar-refractivity contribution is 0.171. The molecule has 3 aromatic rings. The van der Waals surface area contributed by atoms with Crippen molar-refractivity contribution in [2.24, 2.45) is 5.92 Å². The first kappa shape index (κ1) is 16.5. The number of hydrogen-bond acceptors (Lipinski definition) is 4. The molecule has 25 heavy (non-hydrogen) atoms. The molecule has 1 aliphatic heterocycles. The number of likely N-dealkylation sites (tertiary alicyclic amines) is 1. The summed E-state index contributed by atoms with van der Waals surface area (Å²) in [4.78, 5) is 19.9. The SMILES string of the molecule is O=c1cc(CN2CCC(CCc3ccccc3)CC2)nc2sccn12. The van der Waals surface area contributed by atoms with Crippen LogP contribution in [0.3, 0.4) is 0 Å². The van der Waals surface area contributed by atoms with E-state index in [0.29, 0.717) is 0 Å². The third kappa shape index (κ3) is 3.99. The Labute approximate surface area is 151 Å². The van der Waals surface area contributed by atoms with Crippen LogP contribution >= 0.6 is 11.3 Å². The van der Waals surface area contributed by atoms with Gasteiger partial charge in [0.2, 0.25) is 0 Å². The normalized spacial score (nSPS) is 16.5. The molecule has 0 unspecified atom stereocenters. The first-order chi connectivity index (χ1) is 12.3. The van der Waals surface area contributed by atoms with Crippen molar-refractivity contribution < 1.29 is 0 Å². The van der Waals surface area contributed by atoms with Crippen LogP contribution < -0.4 is 5.56 Å². The summed E-state index contributed by atoms with van der Waals surface area (Å²) in [5.74, 6) is 0.815. The third-order valence-corrected chi connectivity index (χ3v) is 5.89. The quantitative estimate of drug-likeness (QED) is 0.703. The number of benzene rings is 1. The second-order valence-electron chi connectivity index (χ2n) is 6.89. The zero-order chi connectivity index (χ0) is 17.1. The van der Waals surface area contributed by atoms with Crippen molar-refractivity contribution in [1.82, 2.24) is 14.3 Å². The minimum atomic E-state index is 0.0268. The number of aromatic nitrogens is 2. The van der Waals surface area contributed by atoms with Crippen LogP contribution in [-0.4, -0.2) is 27.4 Å². The lowest BCUT2D eigenvalue weighted by Gasteiger charge is -2.31. The van der Waals surface area contributed by atoms with Crippen LogP contribution in [0.5, 0.6) is 0 Å². The Morgan fingerprint density at radius 2 is 1.96 bits per heavy atom.